The molecule has 6 nitrogen and oxygen atoms in total. The van der Waals surface area contributed by atoms with Gasteiger partial charge in [0.1, 0.15) is 12.7 Å². The lowest BCUT2D eigenvalue weighted by molar-refractivity contribution is -0.148. The number of ether oxygens (including phenoxy) is 2. The van der Waals surface area contributed by atoms with E-state index in [2.05, 4.69) is 0 Å². The molecule has 0 bridgehead atoms. The molecule has 2 amide bonds. The summed E-state index contributed by atoms with van der Waals surface area (Å²) in [7, 11) is 0. The minimum atomic E-state index is -0.661. The maximum atomic E-state index is 12.9. The quantitative estimate of drug-likeness (QED) is 0.719. The number of esters is 1. The summed E-state index contributed by atoms with van der Waals surface area (Å²) in [5.41, 5.74) is 0.853. The average molecular weight is 387 g/mol. The minimum absolute atomic E-state index is 0.0972. The van der Waals surface area contributed by atoms with Crippen molar-refractivity contribution in [1.82, 2.24) is 4.90 Å². The highest BCUT2D eigenvalue weighted by Crippen LogP contribution is 2.39. The first-order chi connectivity index (χ1) is 13.3. The van der Waals surface area contributed by atoms with Crippen LogP contribution in [0.3, 0.4) is 0 Å². The second kappa shape index (κ2) is 8.33. The fraction of sp³-hybridized carbons (Fsp3) is 0.591. The third kappa shape index (κ3) is 4.05. The monoisotopic (exact) mass is 387 g/mol. The summed E-state index contributed by atoms with van der Waals surface area (Å²) in [6.07, 6.45) is -0.0931. The van der Waals surface area contributed by atoms with Crippen LogP contribution in [0.5, 0.6) is 0 Å². The lowest BCUT2D eigenvalue weighted by Gasteiger charge is -2.26. The highest BCUT2D eigenvalue weighted by Gasteiger charge is 2.52. The summed E-state index contributed by atoms with van der Waals surface area (Å²) in [5, 5.41) is 0. The van der Waals surface area contributed by atoms with Gasteiger partial charge in [0.15, 0.2) is 0 Å². The number of benzene rings is 1. The smallest absolute Gasteiger partial charge is 0.417 e. The zero-order valence-electron chi connectivity index (χ0n) is 17.0. The maximum Gasteiger partial charge on any atom is 0.417 e. The van der Waals surface area contributed by atoms with Crippen molar-refractivity contribution in [2.45, 2.75) is 59.3 Å². The van der Waals surface area contributed by atoms with Crippen LogP contribution in [0.4, 0.5) is 4.79 Å². The summed E-state index contributed by atoms with van der Waals surface area (Å²) in [6.45, 7) is 8.00. The number of hydrogen-bond donors (Lipinski definition) is 0. The summed E-state index contributed by atoms with van der Waals surface area (Å²) in [4.78, 5) is 39.2. The van der Waals surface area contributed by atoms with E-state index in [0.29, 0.717) is 12.8 Å². The number of cyclic esters (lactones) is 1. The van der Waals surface area contributed by atoms with E-state index in [1.807, 2.05) is 58.0 Å². The van der Waals surface area contributed by atoms with E-state index in [4.69, 9.17) is 9.47 Å². The molecule has 3 rings (SSSR count). The van der Waals surface area contributed by atoms with Gasteiger partial charge in [-0.05, 0) is 30.2 Å². The van der Waals surface area contributed by atoms with Gasteiger partial charge in [0.25, 0.3) is 0 Å². The Balaban J connectivity index is 1.76. The fourth-order valence-electron chi connectivity index (χ4n) is 4.11. The van der Waals surface area contributed by atoms with Crippen molar-refractivity contribution in [3.63, 3.8) is 0 Å². The van der Waals surface area contributed by atoms with Gasteiger partial charge in [0, 0.05) is 5.92 Å². The van der Waals surface area contributed by atoms with Crippen LogP contribution in [0, 0.1) is 23.7 Å². The summed E-state index contributed by atoms with van der Waals surface area (Å²) in [6, 6.07) is 8.88. The summed E-state index contributed by atoms with van der Waals surface area (Å²) < 4.78 is 11.0. The third-order valence-corrected chi connectivity index (χ3v) is 5.88. The highest BCUT2D eigenvalue weighted by atomic mass is 16.6. The number of carbonyl (C=O) groups is 3. The third-order valence-electron chi connectivity index (χ3n) is 5.88. The molecule has 2 aliphatic heterocycles. The Bertz CT molecular complexity index is 730. The van der Waals surface area contributed by atoms with Crippen LogP contribution in [0.25, 0.3) is 0 Å². The van der Waals surface area contributed by atoms with Gasteiger partial charge >= 0.3 is 12.1 Å². The van der Waals surface area contributed by atoms with Crippen molar-refractivity contribution in [3.05, 3.63) is 35.9 Å². The van der Waals surface area contributed by atoms with Crippen LogP contribution in [0.2, 0.25) is 0 Å². The van der Waals surface area contributed by atoms with E-state index in [1.165, 1.54) is 4.90 Å². The van der Waals surface area contributed by atoms with E-state index in [9.17, 15) is 14.4 Å². The molecule has 28 heavy (non-hydrogen) atoms. The molecule has 1 aromatic rings. The van der Waals surface area contributed by atoms with Crippen molar-refractivity contribution in [2.75, 3.05) is 0 Å². The molecule has 0 N–H and O–H groups in total. The topological polar surface area (TPSA) is 72.9 Å². The predicted octanol–water partition coefficient (Wildman–Crippen LogP) is 3.78. The Morgan fingerprint density at radius 2 is 1.71 bits per heavy atom. The fourth-order valence-corrected chi connectivity index (χ4v) is 4.11. The molecule has 2 saturated heterocycles. The summed E-state index contributed by atoms with van der Waals surface area (Å²) in [5.74, 6) is -0.680. The van der Waals surface area contributed by atoms with E-state index in [1.54, 1.807) is 0 Å². The van der Waals surface area contributed by atoms with Crippen LogP contribution in [-0.4, -0.2) is 35.0 Å². The van der Waals surface area contributed by atoms with Crippen molar-refractivity contribution in [2.24, 2.45) is 23.7 Å². The lowest BCUT2D eigenvalue weighted by Crippen LogP contribution is -2.45. The first-order valence-corrected chi connectivity index (χ1v) is 10.0. The van der Waals surface area contributed by atoms with Crippen LogP contribution < -0.4 is 0 Å². The van der Waals surface area contributed by atoms with E-state index < -0.39 is 18.2 Å². The number of hydrogen-bond acceptors (Lipinski definition) is 5. The molecule has 4 atom stereocenters. The first kappa shape index (κ1) is 20.4. The molecule has 0 spiro atoms. The molecule has 2 fully saturated rings. The Hall–Kier alpha value is -2.37. The normalized spacial score (nSPS) is 27.6. The molecule has 2 unspecified atom stereocenters. The standard InChI is InChI=1S/C22H29NO5/c1-13(2)16-10-18(19-11-17(14(3)4)21(25)28-19)23(20(16)24)22(26)27-12-15-8-6-5-7-9-15/h5-9,13-14,16-19H,10-12H2,1-4H3/t16-,17-,18?,19?/m0/s1. The second-order valence-corrected chi connectivity index (χ2v) is 8.46. The minimum Gasteiger partial charge on any atom is -0.460 e. The predicted molar refractivity (Wildman–Crippen MR) is 103 cm³/mol. The molecular weight excluding hydrogens is 358 g/mol. The number of amides is 2. The Morgan fingerprint density at radius 3 is 2.29 bits per heavy atom. The van der Waals surface area contributed by atoms with Gasteiger partial charge in [-0.25, -0.2) is 9.69 Å². The molecule has 1 aromatic carbocycles. The largest absolute Gasteiger partial charge is 0.460 e. The van der Waals surface area contributed by atoms with Crippen molar-refractivity contribution in [1.29, 1.82) is 0 Å². The van der Waals surface area contributed by atoms with Gasteiger partial charge in [0.2, 0.25) is 5.91 Å². The van der Waals surface area contributed by atoms with Crippen LogP contribution in [0.15, 0.2) is 30.3 Å². The second-order valence-electron chi connectivity index (χ2n) is 8.46. The van der Waals surface area contributed by atoms with E-state index in [0.717, 1.165) is 5.56 Å². The lowest BCUT2D eigenvalue weighted by atomic mass is 9.88. The number of nitrogens with zero attached hydrogens (tertiary/aromatic N) is 1. The molecule has 2 heterocycles. The number of carbonyl (C=O) groups excluding carboxylic acids is 3. The average Bonchev–Trinajstić information content (AvgIpc) is 3.21. The number of imide groups is 1. The van der Waals surface area contributed by atoms with Gasteiger partial charge in [-0.1, -0.05) is 58.0 Å². The Kier molecular flexibility index (Phi) is 6.06. The van der Waals surface area contributed by atoms with Crippen molar-refractivity contribution in [3.8, 4) is 0 Å². The number of likely N-dealkylation sites (tertiary alicyclic amines) is 1. The highest BCUT2D eigenvalue weighted by molar-refractivity contribution is 5.96. The van der Waals surface area contributed by atoms with Crippen molar-refractivity contribution >= 4 is 18.0 Å². The van der Waals surface area contributed by atoms with Gasteiger partial charge in [-0.2, -0.15) is 0 Å². The summed E-state index contributed by atoms with van der Waals surface area (Å²) >= 11 is 0. The zero-order chi connectivity index (χ0) is 20.4. The molecule has 0 radical (unpaired) electrons. The molecule has 0 saturated carbocycles. The van der Waals surface area contributed by atoms with Gasteiger partial charge < -0.3 is 9.47 Å². The van der Waals surface area contributed by atoms with Gasteiger partial charge in [0.05, 0.1) is 12.0 Å². The van der Waals surface area contributed by atoms with E-state index in [-0.39, 0.29) is 42.2 Å². The molecule has 0 aliphatic carbocycles. The molecule has 152 valence electrons. The van der Waals surface area contributed by atoms with Gasteiger partial charge in [-0.3, -0.25) is 9.59 Å². The Labute approximate surface area is 166 Å². The SMILES string of the molecule is CC(C)[C@@H]1CC(C2C[C@@H](C(C)C)C(=O)N2C(=O)OCc2ccccc2)OC1=O. The van der Waals surface area contributed by atoms with Crippen LogP contribution in [0.1, 0.15) is 46.1 Å². The zero-order valence-corrected chi connectivity index (χ0v) is 17.0. The molecule has 0 aromatic heterocycles. The first-order valence-electron chi connectivity index (χ1n) is 10.0. The molecular formula is C22H29NO5. The molecule has 6 heteroatoms. The van der Waals surface area contributed by atoms with Crippen LogP contribution in [-0.2, 0) is 25.7 Å². The van der Waals surface area contributed by atoms with Crippen molar-refractivity contribution < 1.29 is 23.9 Å². The van der Waals surface area contributed by atoms with E-state index >= 15 is 0 Å². The van der Waals surface area contributed by atoms with Gasteiger partial charge in [-0.15, -0.1) is 0 Å². The maximum absolute atomic E-state index is 12.9. The molecule has 2 aliphatic rings. The van der Waals surface area contributed by atoms with Crippen LogP contribution >= 0.6 is 0 Å². The number of rotatable bonds is 5. The Morgan fingerprint density at radius 1 is 1.07 bits per heavy atom.